The van der Waals surface area contributed by atoms with Crippen LogP contribution in [-0.4, -0.2) is 17.7 Å². The molecule has 2 atom stereocenters. The van der Waals surface area contributed by atoms with Gasteiger partial charge in [0.25, 0.3) is 0 Å². The highest BCUT2D eigenvalue weighted by Crippen LogP contribution is 2.34. The van der Waals surface area contributed by atoms with Crippen molar-refractivity contribution in [1.82, 2.24) is 0 Å². The molecule has 1 heterocycles. The van der Waals surface area contributed by atoms with Gasteiger partial charge in [-0.3, -0.25) is 0 Å². The molecule has 0 amide bonds. The monoisotopic (exact) mass is 251 g/mol. The van der Waals surface area contributed by atoms with E-state index in [0.717, 1.165) is 25.8 Å². The summed E-state index contributed by atoms with van der Waals surface area (Å²) in [6, 6.07) is 5.38. The lowest BCUT2D eigenvalue weighted by Crippen LogP contribution is -2.40. The van der Waals surface area contributed by atoms with Crippen molar-refractivity contribution in [3.05, 3.63) is 29.6 Å². The van der Waals surface area contributed by atoms with Crippen LogP contribution in [0.15, 0.2) is 18.2 Å². The molecule has 1 unspecified atom stereocenters. The third kappa shape index (κ3) is 2.51. The molecule has 1 saturated heterocycles. The SMILES string of the molecule is CCC1CCCCN1c1c(F)cccc1[C@@H](C)O. The van der Waals surface area contributed by atoms with Crippen LogP contribution >= 0.6 is 0 Å². The van der Waals surface area contributed by atoms with Crippen LogP contribution in [0.3, 0.4) is 0 Å². The first kappa shape index (κ1) is 13.3. The molecule has 1 N–H and O–H groups in total. The quantitative estimate of drug-likeness (QED) is 0.886. The van der Waals surface area contributed by atoms with E-state index < -0.39 is 6.10 Å². The van der Waals surface area contributed by atoms with E-state index in [1.165, 1.54) is 12.5 Å². The number of benzene rings is 1. The van der Waals surface area contributed by atoms with Crippen molar-refractivity contribution in [2.75, 3.05) is 11.4 Å². The Bertz CT molecular complexity index is 405. The smallest absolute Gasteiger partial charge is 0.146 e. The summed E-state index contributed by atoms with van der Waals surface area (Å²) < 4.78 is 14.2. The molecular formula is C15H22FNO. The van der Waals surface area contributed by atoms with E-state index in [9.17, 15) is 9.50 Å². The zero-order valence-electron chi connectivity index (χ0n) is 11.2. The van der Waals surface area contributed by atoms with Gasteiger partial charge < -0.3 is 10.0 Å². The van der Waals surface area contributed by atoms with E-state index in [0.29, 0.717) is 17.3 Å². The van der Waals surface area contributed by atoms with Gasteiger partial charge in [0.1, 0.15) is 5.82 Å². The second kappa shape index (κ2) is 5.70. The number of piperidine rings is 1. The fourth-order valence-electron chi connectivity index (χ4n) is 2.89. The normalized spacial score (nSPS) is 22.0. The summed E-state index contributed by atoms with van der Waals surface area (Å²) in [6.07, 6.45) is 3.82. The average molecular weight is 251 g/mol. The molecule has 0 radical (unpaired) electrons. The minimum Gasteiger partial charge on any atom is -0.389 e. The molecule has 1 fully saturated rings. The van der Waals surface area contributed by atoms with Crippen molar-refractivity contribution in [3.8, 4) is 0 Å². The number of para-hydroxylation sites is 1. The Kier molecular flexibility index (Phi) is 4.23. The average Bonchev–Trinajstić information content (AvgIpc) is 2.38. The van der Waals surface area contributed by atoms with Crippen molar-refractivity contribution >= 4 is 5.69 Å². The predicted octanol–water partition coefficient (Wildman–Crippen LogP) is 3.65. The number of hydrogen-bond donors (Lipinski definition) is 1. The third-order valence-corrected chi connectivity index (χ3v) is 3.85. The van der Waals surface area contributed by atoms with Gasteiger partial charge in [0.15, 0.2) is 0 Å². The van der Waals surface area contributed by atoms with Crippen LogP contribution < -0.4 is 4.90 Å². The topological polar surface area (TPSA) is 23.5 Å². The molecule has 0 saturated carbocycles. The fourth-order valence-corrected chi connectivity index (χ4v) is 2.89. The predicted molar refractivity (Wildman–Crippen MR) is 72.3 cm³/mol. The Morgan fingerprint density at radius 2 is 2.22 bits per heavy atom. The number of nitrogens with zero attached hydrogens (tertiary/aromatic N) is 1. The van der Waals surface area contributed by atoms with Crippen molar-refractivity contribution < 1.29 is 9.50 Å². The van der Waals surface area contributed by atoms with Crippen molar-refractivity contribution in [3.63, 3.8) is 0 Å². The summed E-state index contributed by atoms with van der Waals surface area (Å²) in [5.41, 5.74) is 1.31. The van der Waals surface area contributed by atoms with E-state index in [1.807, 2.05) is 6.07 Å². The Labute approximate surface area is 108 Å². The van der Waals surface area contributed by atoms with Crippen LogP contribution in [0.1, 0.15) is 51.2 Å². The maximum Gasteiger partial charge on any atom is 0.146 e. The van der Waals surface area contributed by atoms with E-state index in [1.54, 1.807) is 13.0 Å². The first-order chi connectivity index (χ1) is 8.65. The molecule has 3 heteroatoms. The van der Waals surface area contributed by atoms with E-state index in [-0.39, 0.29) is 5.82 Å². The van der Waals surface area contributed by atoms with Gasteiger partial charge in [-0.1, -0.05) is 19.1 Å². The first-order valence-corrected chi connectivity index (χ1v) is 6.88. The first-order valence-electron chi connectivity index (χ1n) is 6.88. The van der Waals surface area contributed by atoms with Crippen molar-refractivity contribution in [2.24, 2.45) is 0 Å². The molecule has 0 aromatic heterocycles. The highest BCUT2D eigenvalue weighted by Gasteiger charge is 2.26. The van der Waals surface area contributed by atoms with Crippen LogP contribution in [-0.2, 0) is 0 Å². The fraction of sp³-hybridized carbons (Fsp3) is 0.600. The van der Waals surface area contributed by atoms with Crippen molar-refractivity contribution in [1.29, 1.82) is 0 Å². The van der Waals surface area contributed by atoms with Crippen LogP contribution in [0.2, 0.25) is 0 Å². The molecule has 1 aliphatic rings. The molecule has 0 bridgehead atoms. The minimum absolute atomic E-state index is 0.214. The zero-order valence-corrected chi connectivity index (χ0v) is 11.2. The maximum atomic E-state index is 14.2. The maximum absolute atomic E-state index is 14.2. The lowest BCUT2D eigenvalue weighted by Gasteiger charge is -2.38. The number of hydrogen-bond acceptors (Lipinski definition) is 2. The van der Waals surface area contributed by atoms with Crippen molar-refractivity contribution in [2.45, 2.75) is 51.7 Å². The second-order valence-corrected chi connectivity index (χ2v) is 5.10. The number of anilines is 1. The Hall–Kier alpha value is -1.09. The molecule has 1 aliphatic heterocycles. The summed E-state index contributed by atoms with van der Waals surface area (Å²) in [5.74, 6) is -0.214. The van der Waals surface area contributed by atoms with Gasteiger partial charge in [0, 0.05) is 18.2 Å². The largest absolute Gasteiger partial charge is 0.389 e. The van der Waals surface area contributed by atoms with Crippen LogP contribution in [0.4, 0.5) is 10.1 Å². The molecule has 2 nitrogen and oxygen atoms in total. The van der Waals surface area contributed by atoms with E-state index in [4.69, 9.17) is 0 Å². The second-order valence-electron chi connectivity index (χ2n) is 5.10. The van der Waals surface area contributed by atoms with Crippen LogP contribution in [0.5, 0.6) is 0 Å². The zero-order chi connectivity index (χ0) is 13.1. The highest BCUT2D eigenvalue weighted by atomic mass is 19.1. The molecule has 100 valence electrons. The summed E-state index contributed by atoms with van der Waals surface area (Å²) in [6.45, 7) is 4.73. The molecule has 2 rings (SSSR count). The third-order valence-electron chi connectivity index (χ3n) is 3.85. The summed E-state index contributed by atoms with van der Waals surface area (Å²) in [4.78, 5) is 2.15. The van der Waals surface area contributed by atoms with Gasteiger partial charge in [-0.2, -0.15) is 0 Å². The molecular weight excluding hydrogens is 229 g/mol. The van der Waals surface area contributed by atoms with Gasteiger partial charge in [-0.15, -0.1) is 0 Å². The van der Waals surface area contributed by atoms with Gasteiger partial charge in [0.05, 0.1) is 11.8 Å². The Morgan fingerprint density at radius 3 is 2.89 bits per heavy atom. The van der Waals surface area contributed by atoms with E-state index >= 15 is 0 Å². The van der Waals surface area contributed by atoms with Gasteiger partial charge in [0.2, 0.25) is 0 Å². The summed E-state index contributed by atoms with van der Waals surface area (Å²) in [7, 11) is 0. The Balaban J connectivity index is 2.41. The van der Waals surface area contributed by atoms with Gasteiger partial charge in [-0.05, 0) is 38.7 Å². The lowest BCUT2D eigenvalue weighted by atomic mass is 9.97. The molecule has 1 aromatic carbocycles. The molecule has 0 aliphatic carbocycles. The summed E-state index contributed by atoms with van der Waals surface area (Å²) in [5, 5.41) is 9.83. The van der Waals surface area contributed by atoms with Gasteiger partial charge in [-0.25, -0.2) is 4.39 Å². The van der Waals surface area contributed by atoms with Gasteiger partial charge >= 0.3 is 0 Å². The molecule has 0 spiro atoms. The summed E-state index contributed by atoms with van der Waals surface area (Å²) >= 11 is 0. The molecule has 1 aromatic rings. The lowest BCUT2D eigenvalue weighted by molar-refractivity contribution is 0.198. The van der Waals surface area contributed by atoms with Crippen LogP contribution in [0.25, 0.3) is 0 Å². The van der Waals surface area contributed by atoms with Crippen LogP contribution in [0, 0.1) is 5.82 Å². The Morgan fingerprint density at radius 1 is 1.44 bits per heavy atom. The number of aliphatic hydroxyl groups is 1. The number of halogens is 1. The highest BCUT2D eigenvalue weighted by molar-refractivity contribution is 5.56. The molecule has 18 heavy (non-hydrogen) atoms. The van der Waals surface area contributed by atoms with E-state index in [2.05, 4.69) is 11.8 Å². The number of aliphatic hydroxyl groups excluding tert-OH is 1. The minimum atomic E-state index is -0.630. The standard InChI is InChI=1S/C15H22FNO/c1-3-12-7-4-5-10-17(12)15-13(11(2)18)8-6-9-14(15)16/h6,8-9,11-12,18H,3-5,7,10H2,1-2H3/t11-,12?/m1/s1. The number of rotatable bonds is 3.